The maximum Gasteiger partial charge on any atom is 0.0369 e. The van der Waals surface area contributed by atoms with Crippen molar-refractivity contribution in [2.45, 2.75) is 27.7 Å². The molecule has 0 amide bonds. The van der Waals surface area contributed by atoms with Crippen LogP contribution in [0.25, 0.3) is 0 Å². The van der Waals surface area contributed by atoms with Crippen LogP contribution in [0.5, 0.6) is 0 Å². The van der Waals surface area contributed by atoms with E-state index in [-0.39, 0.29) is 0 Å². The van der Waals surface area contributed by atoms with Crippen molar-refractivity contribution in [3.05, 3.63) is 23.9 Å². The highest BCUT2D eigenvalue weighted by molar-refractivity contribution is 5.93. The van der Waals surface area contributed by atoms with Gasteiger partial charge in [0.2, 0.25) is 0 Å². The Hall–Kier alpha value is -0.850. The summed E-state index contributed by atoms with van der Waals surface area (Å²) in [7, 11) is 0. The van der Waals surface area contributed by atoms with Crippen molar-refractivity contribution in [2.75, 3.05) is 0 Å². The lowest BCUT2D eigenvalue weighted by Gasteiger charge is -1.87. The molecule has 0 aliphatic carbocycles. The van der Waals surface area contributed by atoms with E-state index in [1.54, 1.807) is 0 Å². The molecular formula is C9H15N. The van der Waals surface area contributed by atoms with Gasteiger partial charge in [-0.05, 0) is 33.8 Å². The van der Waals surface area contributed by atoms with Crippen molar-refractivity contribution in [1.29, 1.82) is 0 Å². The molecule has 0 aromatic rings. The molecule has 0 aliphatic rings. The molecule has 0 saturated heterocycles. The van der Waals surface area contributed by atoms with Gasteiger partial charge in [0.1, 0.15) is 0 Å². The zero-order chi connectivity index (χ0) is 7.98. The predicted octanol–water partition coefficient (Wildman–Crippen LogP) is 2.95. The van der Waals surface area contributed by atoms with Gasteiger partial charge in [-0.15, -0.1) is 0 Å². The van der Waals surface area contributed by atoms with E-state index in [1.807, 2.05) is 46.0 Å². The molecule has 0 bridgehead atoms. The van der Waals surface area contributed by atoms with Crippen LogP contribution in [0, 0.1) is 0 Å². The lowest BCUT2D eigenvalue weighted by atomic mass is 10.3. The Kier molecular flexibility index (Phi) is 4.55. The third-order valence-corrected chi connectivity index (χ3v) is 0.934. The lowest BCUT2D eigenvalue weighted by Crippen LogP contribution is -1.80. The van der Waals surface area contributed by atoms with Gasteiger partial charge in [0, 0.05) is 11.9 Å². The highest BCUT2D eigenvalue weighted by Gasteiger charge is 1.77. The van der Waals surface area contributed by atoms with Crippen molar-refractivity contribution in [2.24, 2.45) is 4.99 Å². The second-order valence-corrected chi connectivity index (χ2v) is 2.48. The monoisotopic (exact) mass is 137 g/mol. The largest absolute Gasteiger partial charge is 0.262 e. The maximum atomic E-state index is 4.18. The van der Waals surface area contributed by atoms with Crippen molar-refractivity contribution < 1.29 is 0 Å². The minimum atomic E-state index is 1.05. The second kappa shape index (κ2) is 4.98. The van der Waals surface area contributed by atoms with Gasteiger partial charge in [0.25, 0.3) is 0 Å². The van der Waals surface area contributed by atoms with Crippen LogP contribution >= 0.6 is 0 Å². The molecule has 0 aromatic heterocycles. The summed E-state index contributed by atoms with van der Waals surface area (Å²) >= 11 is 0. The Balaban J connectivity index is 4.05. The van der Waals surface area contributed by atoms with E-state index in [2.05, 4.69) is 4.99 Å². The van der Waals surface area contributed by atoms with Crippen LogP contribution in [0.2, 0.25) is 0 Å². The number of aliphatic imine (C=N–C) groups is 1. The summed E-state index contributed by atoms with van der Waals surface area (Å²) < 4.78 is 0. The topological polar surface area (TPSA) is 12.4 Å². The highest BCUT2D eigenvalue weighted by Crippen LogP contribution is 1.90. The standard InChI is InChI=1S/C9H15N/c1-5-6-9(4)10-7-8(2)3/h5-7H,1-4H3/b6-5-,10-9?. The molecule has 0 radical (unpaired) electrons. The van der Waals surface area contributed by atoms with Gasteiger partial charge < -0.3 is 0 Å². The molecule has 0 atom stereocenters. The van der Waals surface area contributed by atoms with Gasteiger partial charge in [-0.1, -0.05) is 11.6 Å². The van der Waals surface area contributed by atoms with Crippen molar-refractivity contribution in [3.63, 3.8) is 0 Å². The Bertz CT molecular complexity index is 169. The fraction of sp³-hybridized carbons (Fsp3) is 0.444. The zero-order valence-electron chi connectivity index (χ0n) is 7.18. The molecule has 0 spiro atoms. The summed E-state index contributed by atoms with van der Waals surface area (Å²) in [5, 5.41) is 0. The molecule has 0 unspecified atom stereocenters. The summed E-state index contributed by atoms with van der Waals surface area (Å²) in [4.78, 5) is 4.18. The second-order valence-electron chi connectivity index (χ2n) is 2.48. The maximum absolute atomic E-state index is 4.18. The summed E-state index contributed by atoms with van der Waals surface area (Å²) in [6, 6.07) is 0. The minimum Gasteiger partial charge on any atom is -0.262 e. The molecule has 10 heavy (non-hydrogen) atoms. The van der Waals surface area contributed by atoms with Gasteiger partial charge in [0.15, 0.2) is 0 Å². The molecule has 0 saturated carbocycles. The highest BCUT2D eigenvalue weighted by atomic mass is 14.7. The van der Waals surface area contributed by atoms with Crippen LogP contribution in [0.1, 0.15) is 27.7 Å². The molecule has 0 rings (SSSR count). The molecule has 1 nitrogen and oxygen atoms in total. The molecule has 1 heteroatoms. The first-order valence-electron chi connectivity index (χ1n) is 3.47. The normalized spacial score (nSPS) is 12.2. The van der Waals surface area contributed by atoms with E-state index >= 15 is 0 Å². The smallest absolute Gasteiger partial charge is 0.0369 e. The first-order chi connectivity index (χ1) is 4.66. The number of nitrogens with zero attached hydrogens (tertiary/aromatic N) is 1. The molecule has 0 aromatic carbocycles. The van der Waals surface area contributed by atoms with Crippen LogP contribution in [0.4, 0.5) is 0 Å². The van der Waals surface area contributed by atoms with Gasteiger partial charge >= 0.3 is 0 Å². The Morgan fingerprint density at radius 3 is 2.20 bits per heavy atom. The van der Waals surface area contributed by atoms with Crippen molar-refractivity contribution >= 4 is 5.71 Å². The van der Waals surface area contributed by atoms with E-state index in [4.69, 9.17) is 0 Å². The first-order valence-corrected chi connectivity index (χ1v) is 3.47. The number of rotatable bonds is 2. The number of hydrogen-bond acceptors (Lipinski definition) is 1. The Morgan fingerprint density at radius 2 is 1.80 bits per heavy atom. The first kappa shape index (κ1) is 9.15. The SMILES string of the molecule is C/C=C\C(C)=NC=C(C)C. The lowest BCUT2D eigenvalue weighted by molar-refractivity contribution is 1.33. The summed E-state index contributed by atoms with van der Waals surface area (Å²) in [6.07, 6.45) is 5.84. The molecule has 0 N–H and O–H groups in total. The number of allylic oxidation sites excluding steroid dienone is 3. The van der Waals surface area contributed by atoms with Crippen LogP contribution in [-0.4, -0.2) is 5.71 Å². The van der Waals surface area contributed by atoms with Gasteiger partial charge in [-0.25, -0.2) is 0 Å². The molecule has 0 heterocycles. The summed E-state index contributed by atoms with van der Waals surface area (Å²) in [5.41, 5.74) is 2.27. The zero-order valence-corrected chi connectivity index (χ0v) is 7.18. The van der Waals surface area contributed by atoms with E-state index in [0.717, 1.165) is 5.71 Å². The van der Waals surface area contributed by atoms with Gasteiger partial charge in [-0.3, -0.25) is 4.99 Å². The molecule has 56 valence electrons. The van der Waals surface area contributed by atoms with E-state index < -0.39 is 0 Å². The summed E-state index contributed by atoms with van der Waals surface area (Å²) in [6.45, 7) is 8.04. The van der Waals surface area contributed by atoms with E-state index in [9.17, 15) is 0 Å². The Labute approximate surface area is 63.2 Å². The fourth-order valence-corrected chi connectivity index (χ4v) is 0.515. The number of hydrogen-bond donors (Lipinski definition) is 0. The molecule has 0 aliphatic heterocycles. The van der Waals surface area contributed by atoms with Crippen molar-refractivity contribution in [1.82, 2.24) is 0 Å². The van der Waals surface area contributed by atoms with Crippen molar-refractivity contribution in [3.8, 4) is 0 Å². The fourth-order valence-electron chi connectivity index (χ4n) is 0.515. The van der Waals surface area contributed by atoms with Gasteiger partial charge in [-0.2, -0.15) is 0 Å². The molecule has 0 fully saturated rings. The van der Waals surface area contributed by atoms with Crippen LogP contribution in [-0.2, 0) is 0 Å². The average Bonchev–Trinajstić information content (AvgIpc) is 1.85. The third-order valence-electron chi connectivity index (χ3n) is 0.934. The van der Waals surface area contributed by atoms with Gasteiger partial charge in [0.05, 0.1) is 0 Å². The Morgan fingerprint density at radius 1 is 1.20 bits per heavy atom. The van der Waals surface area contributed by atoms with E-state index in [0.29, 0.717) is 0 Å². The summed E-state index contributed by atoms with van der Waals surface area (Å²) in [5.74, 6) is 0. The molecular weight excluding hydrogens is 122 g/mol. The van der Waals surface area contributed by atoms with E-state index in [1.165, 1.54) is 5.57 Å². The minimum absolute atomic E-state index is 1.05. The predicted molar refractivity (Wildman–Crippen MR) is 47.4 cm³/mol. The quantitative estimate of drug-likeness (QED) is 0.519. The van der Waals surface area contributed by atoms with Crippen LogP contribution in [0.3, 0.4) is 0 Å². The third kappa shape index (κ3) is 5.29. The average molecular weight is 137 g/mol. The van der Waals surface area contributed by atoms with Crippen LogP contribution in [0.15, 0.2) is 28.9 Å². The van der Waals surface area contributed by atoms with Crippen LogP contribution < -0.4 is 0 Å².